The highest BCUT2D eigenvalue weighted by Crippen LogP contribution is 2.10. The topological polar surface area (TPSA) is 66.4 Å². The number of rotatable bonds is 7. The van der Waals surface area contributed by atoms with Gasteiger partial charge in [-0.05, 0) is 23.8 Å². The zero-order chi connectivity index (χ0) is 14.1. The van der Waals surface area contributed by atoms with Crippen LogP contribution < -0.4 is 5.32 Å². The molecule has 102 valence electrons. The van der Waals surface area contributed by atoms with E-state index in [2.05, 4.69) is 5.32 Å². The number of aliphatic carboxylic acids is 1. The van der Waals surface area contributed by atoms with E-state index in [0.29, 0.717) is 17.3 Å². The fourth-order valence-corrected chi connectivity index (χ4v) is 1.90. The van der Waals surface area contributed by atoms with Crippen LogP contribution >= 0.6 is 23.4 Å². The van der Waals surface area contributed by atoms with Crippen molar-refractivity contribution in [2.24, 2.45) is 0 Å². The van der Waals surface area contributed by atoms with Crippen molar-refractivity contribution < 1.29 is 14.7 Å². The van der Waals surface area contributed by atoms with Crippen molar-refractivity contribution in [2.45, 2.75) is 0 Å². The number of carboxylic acids is 1. The molecule has 4 nitrogen and oxygen atoms in total. The van der Waals surface area contributed by atoms with E-state index in [0.717, 1.165) is 5.56 Å². The molecule has 19 heavy (non-hydrogen) atoms. The average molecular weight is 300 g/mol. The Morgan fingerprint density at radius 3 is 2.63 bits per heavy atom. The first-order valence-electron chi connectivity index (χ1n) is 5.59. The third-order valence-electron chi connectivity index (χ3n) is 2.07. The lowest BCUT2D eigenvalue weighted by molar-refractivity contribution is -0.133. The summed E-state index contributed by atoms with van der Waals surface area (Å²) in [6.45, 7) is 0.446. The molecule has 0 bridgehead atoms. The summed E-state index contributed by atoms with van der Waals surface area (Å²) >= 11 is 7.01. The van der Waals surface area contributed by atoms with Crippen LogP contribution in [0.25, 0.3) is 6.08 Å². The van der Waals surface area contributed by atoms with E-state index in [9.17, 15) is 9.59 Å². The first-order valence-corrected chi connectivity index (χ1v) is 7.12. The predicted molar refractivity (Wildman–Crippen MR) is 78.5 cm³/mol. The second kappa shape index (κ2) is 8.61. The number of carbonyl (C=O) groups excluding carboxylic acids is 1. The smallest absolute Gasteiger partial charge is 0.313 e. The van der Waals surface area contributed by atoms with Gasteiger partial charge in [-0.3, -0.25) is 9.59 Å². The number of hydrogen-bond acceptors (Lipinski definition) is 3. The highest BCUT2D eigenvalue weighted by Gasteiger charge is 1.98. The number of carboxylic acid groups (broad SMARTS) is 1. The van der Waals surface area contributed by atoms with Crippen molar-refractivity contribution in [3.63, 3.8) is 0 Å². The summed E-state index contributed by atoms with van der Waals surface area (Å²) in [6.07, 6.45) is 3.13. The van der Waals surface area contributed by atoms with Crippen LogP contribution in [0.5, 0.6) is 0 Å². The van der Waals surface area contributed by atoms with Crippen molar-refractivity contribution in [2.75, 3.05) is 18.1 Å². The molecule has 0 fully saturated rings. The van der Waals surface area contributed by atoms with Crippen molar-refractivity contribution in [1.29, 1.82) is 0 Å². The predicted octanol–water partition coefficient (Wildman–Crippen LogP) is 2.29. The van der Waals surface area contributed by atoms with Crippen LogP contribution in [0.15, 0.2) is 30.3 Å². The molecule has 0 unspecified atom stereocenters. The summed E-state index contributed by atoms with van der Waals surface area (Å²) in [5, 5.41) is 11.7. The molecule has 0 saturated carbocycles. The van der Waals surface area contributed by atoms with E-state index in [1.54, 1.807) is 18.2 Å². The Bertz CT molecular complexity index is 459. The van der Waals surface area contributed by atoms with E-state index in [1.165, 1.54) is 17.8 Å². The molecule has 1 amide bonds. The van der Waals surface area contributed by atoms with Gasteiger partial charge in [0, 0.05) is 23.4 Å². The Labute approximate surface area is 120 Å². The van der Waals surface area contributed by atoms with E-state index in [4.69, 9.17) is 16.7 Å². The number of halogens is 1. The molecule has 0 heterocycles. The standard InChI is InChI=1S/C13H14ClNO3S/c14-11-4-1-10(2-5-11)3-6-12(16)15-7-8-19-9-13(17)18/h1-6H,7-9H2,(H,15,16)(H,17,18)/b6-3+. The zero-order valence-electron chi connectivity index (χ0n) is 10.1. The Morgan fingerprint density at radius 2 is 2.00 bits per heavy atom. The molecule has 0 spiro atoms. The molecular formula is C13H14ClNO3S. The molecule has 1 aromatic carbocycles. The number of thioether (sulfide) groups is 1. The molecule has 0 atom stereocenters. The normalized spacial score (nSPS) is 10.6. The minimum Gasteiger partial charge on any atom is -0.481 e. The lowest BCUT2D eigenvalue weighted by Crippen LogP contribution is -2.23. The van der Waals surface area contributed by atoms with Gasteiger partial charge in [-0.15, -0.1) is 11.8 Å². The zero-order valence-corrected chi connectivity index (χ0v) is 11.7. The van der Waals surface area contributed by atoms with Crippen LogP contribution in [-0.4, -0.2) is 35.0 Å². The number of benzene rings is 1. The van der Waals surface area contributed by atoms with Crippen molar-refractivity contribution in [1.82, 2.24) is 5.32 Å². The van der Waals surface area contributed by atoms with Gasteiger partial charge in [-0.2, -0.15) is 0 Å². The molecule has 0 aliphatic heterocycles. The highest BCUT2D eigenvalue weighted by atomic mass is 35.5. The molecule has 1 aromatic rings. The van der Waals surface area contributed by atoms with E-state index >= 15 is 0 Å². The Hall–Kier alpha value is -1.46. The largest absolute Gasteiger partial charge is 0.481 e. The average Bonchev–Trinajstić information content (AvgIpc) is 2.37. The molecule has 6 heteroatoms. The monoisotopic (exact) mass is 299 g/mol. The number of nitrogens with one attached hydrogen (secondary N) is 1. The van der Waals surface area contributed by atoms with E-state index < -0.39 is 5.97 Å². The van der Waals surface area contributed by atoms with Gasteiger partial charge < -0.3 is 10.4 Å². The van der Waals surface area contributed by atoms with Crippen LogP contribution in [0.3, 0.4) is 0 Å². The fraction of sp³-hybridized carbons (Fsp3) is 0.231. The molecule has 0 saturated heterocycles. The van der Waals surface area contributed by atoms with Gasteiger partial charge in [0.2, 0.25) is 5.91 Å². The summed E-state index contributed by atoms with van der Waals surface area (Å²) in [6, 6.07) is 7.13. The van der Waals surface area contributed by atoms with Gasteiger partial charge in [0.1, 0.15) is 0 Å². The molecule has 2 N–H and O–H groups in total. The SMILES string of the molecule is O=C(O)CSCCNC(=O)/C=C/c1ccc(Cl)cc1. The quantitative estimate of drug-likeness (QED) is 0.599. The van der Waals surface area contributed by atoms with E-state index in [-0.39, 0.29) is 11.7 Å². The molecule has 0 radical (unpaired) electrons. The summed E-state index contributed by atoms with van der Waals surface area (Å²) in [4.78, 5) is 21.7. The Morgan fingerprint density at radius 1 is 1.32 bits per heavy atom. The van der Waals surface area contributed by atoms with Gasteiger partial charge in [0.15, 0.2) is 0 Å². The van der Waals surface area contributed by atoms with Gasteiger partial charge in [0.05, 0.1) is 5.75 Å². The molecule has 0 aliphatic rings. The second-order valence-electron chi connectivity index (χ2n) is 3.62. The number of carbonyl (C=O) groups is 2. The third kappa shape index (κ3) is 7.54. The summed E-state index contributed by atoms with van der Waals surface area (Å²) in [5.41, 5.74) is 0.889. The minimum absolute atomic E-state index is 0.0521. The van der Waals surface area contributed by atoms with Crippen LogP contribution in [0.2, 0.25) is 5.02 Å². The van der Waals surface area contributed by atoms with Crippen molar-refractivity contribution in [3.05, 3.63) is 40.9 Å². The van der Waals surface area contributed by atoms with E-state index in [1.807, 2.05) is 12.1 Å². The molecule has 0 aliphatic carbocycles. The number of amides is 1. The highest BCUT2D eigenvalue weighted by molar-refractivity contribution is 7.99. The fourth-order valence-electron chi connectivity index (χ4n) is 1.21. The van der Waals surface area contributed by atoms with Gasteiger partial charge >= 0.3 is 5.97 Å². The van der Waals surface area contributed by atoms with Gasteiger partial charge in [-0.1, -0.05) is 23.7 Å². The van der Waals surface area contributed by atoms with Gasteiger partial charge in [-0.25, -0.2) is 0 Å². The Kier molecular flexibility index (Phi) is 7.07. The summed E-state index contributed by atoms with van der Waals surface area (Å²) < 4.78 is 0. The lowest BCUT2D eigenvalue weighted by Gasteiger charge is -2.00. The maximum Gasteiger partial charge on any atom is 0.313 e. The summed E-state index contributed by atoms with van der Waals surface area (Å²) in [7, 11) is 0. The molecule has 0 aromatic heterocycles. The second-order valence-corrected chi connectivity index (χ2v) is 5.16. The van der Waals surface area contributed by atoms with Gasteiger partial charge in [0.25, 0.3) is 0 Å². The van der Waals surface area contributed by atoms with Crippen molar-refractivity contribution >= 4 is 41.3 Å². The molecule has 1 rings (SSSR count). The van der Waals surface area contributed by atoms with Crippen molar-refractivity contribution in [3.8, 4) is 0 Å². The Balaban J connectivity index is 2.23. The first kappa shape index (κ1) is 15.6. The number of hydrogen-bond donors (Lipinski definition) is 2. The van der Waals surface area contributed by atoms with Crippen LogP contribution in [-0.2, 0) is 9.59 Å². The summed E-state index contributed by atoms with van der Waals surface area (Å²) in [5.74, 6) is -0.423. The molecular weight excluding hydrogens is 286 g/mol. The van der Waals surface area contributed by atoms with Crippen LogP contribution in [0, 0.1) is 0 Å². The maximum atomic E-state index is 11.4. The van der Waals surface area contributed by atoms with Crippen LogP contribution in [0.1, 0.15) is 5.56 Å². The van der Waals surface area contributed by atoms with Crippen LogP contribution in [0.4, 0.5) is 0 Å². The lowest BCUT2D eigenvalue weighted by atomic mass is 10.2. The third-order valence-corrected chi connectivity index (χ3v) is 3.26. The minimum atomic E-state index is -0.848. The maximum absolute atomic E-state index is 11.4. The first-order chi connectivity index (χ1) is 9.08.